The number of rotatable bonds is 10. The van der Waals surface area contributed by atoms with Crippen molar-refractivity contribution in [1.82, 2.24) is 4.98 Å². The van der Waals surface area contributed by atoms with E-state index in [0.717, 1.165) is 16.4 Å². The number of nitrogens with zero attached hydrogens (tertiary/aromatic N) is 3. The van der Waals surface area contributed by atoms with Crippen molar-refractivity contribution in [2.75, 3.05) is 30.1 Å². The fourth-order valence-electron chi connectivity index (χ4n) is 2.54. The molecule has 0 spiro atoms. The summed E-state index contributed by atoms with van der Waals surface area (Å²) in [5, 5.41) is 23.5. The number of aromatic nitrogens is 1. The molecule has 0 saturated carbocycles. The molecule has 2 aromatic rings. The molecular formula is C20H26N4O3. The van der Waals surface area contributed by atoms with Gasteiger partial charge in [-0.25, -0.2) is 10.0 Å². The molecule has 2 rings (SSSR count). The number of hydroxylamine groups is 1. The van der Waals surface area contributed by atoms with Crippen molar-refractivity contribution in [3.05, 3.63) is 47.5 Å². The molecule has 0 saturated heterocycles. The molecule has 0 radical (unpaired) electrons. The van der Waals surface area contributed by atoms with E-state index >= 15 is 0 Å². The molecule has 1 heterocycles. The highest BCUT2D eigenvalue weighted by molar-refractivity contribution is 5.60. The molecule has 0 aliphatic heterocycles. The van der Waals surface area contributed by atoms with E-state index < -0.39 is 6.29 Å². The maximum atomic E-state index is 9.91. The van der Waals surface area contributed by atoms with Gasteiger partial charge < -0.3 is 14.8 Å². The number of hydrogen-bond acceptors (Lipinski definition) is 7. The summed E-state index contributed by atoms with van der Waals surface area (Å²) in [5.41, 5.74) is 1.21. The molecule has 0 fully saturated rings. The Morgan fingerprint density at radius 2 is 2.04 bits per heavy atom. The first-order valence-corrected chi connectivity index (χ1v) is 9.04. The molecule has 0 bridgehead atoms. The first-order valence-electron chi connectivity index (χ1n) is 9.04. The summed E-state index contributed by atoms with van der Waals surface area (Å²) in [5.74, 6) is 1.58. The molecule has 1 atom stereocenters. The van der Waals surface area contributed by atoms with Crippen LogP contribution in [0.1, 0.15) is 31.4 Å². The summed E-state index contributed by atoms with van der Waals surface area (Å²) in [6, 6.07) is 13.3. The lowest BCUT2D eigenvalue weighted by molar-refractivity contribution is -0.0774. The average Bonchev–Trinajstić information content (AvgIpc) is 2.68. The molecule has 7 heteroatoms. The quantitative estimate of drug-likeness (QED) is 0.486. The van der Waals surface area contributed by atoms with Crippen LogP contribution in [0, 0.1) is 18.3 Å². The molecule has 0 aliphatic carbocycles. The zero-order valence-electron chi connectivity index (χ0n) is 16.0. The highest BCUT2D eigenvalue weighted by atomic mass is 16.7. The van der Waals surface area contributed by atoms with Crippen LogP contribution in [0.5, 0.6) is 5.75 Å². The standard InChI is InChI=1S/C20H26N4O3/c1-4-24(25)18-13-15(3)17(14-21)20(23-18)22-12-11-19(26-5-2)27-16-9-7-6-8-10-16/h6-10,13,19,25H,4-5,11-12H2,1-3H3,(H,22,23). The van der Waals surface area contributed by atoms with E-state index in [1.165, 1.54) is 0 Å². The molecule has 0 aliphatic rings. The lowest BCUT2D eigenvalue weighted by Crippen LogP contribution is -2.24. The first-order chi connectivity index (χ1) is 13.1. The number of benzene rings is 1. The molecule has 144 valence electrons. The van der Waals surface area contributed by atoms with E-state index in [4.69, 9.17) is 9.47 Å². The molecular weight excluding hydrogens is 344 g/mol. The van der Waals surface area contributed by atoms with Crippen LogP contribution in [-0.2, 0) is 4.74 Å². The van der Waals surface area contributed by atoms with Crippen LogP contribution in [-0.4, -0.2) is 36.2 Å². The van der Waals surface area contributed by atoms with Crippen molar-refractivity contribution in [2.45, 2.75) is 33.5 Å². The average molecular weight is 370 g/mol. The van der Waals surface area contributed by atoms with Gasteiger partial charge in [-0.1, -0.05) is 18.2 Å². The smallest absolute Gasteiger partial charge is 0.201 e. The van der Waals surface area contributed by atoms with Crippen LogP contribution in [0.2, 0.25) is 0 Å². The van der Waals surface area contributed by atoms with Crippen molar-refractivity contribution >= 4 is 11.6 Å². The predicted molar refractivity (Wildman–Crippen MR) is 104 cm³/mol. The maximum absolute atomic E-state index is 9.91. The normalized spacial score (nSPS) is 11.5. The molecule has 27 heavy (non-hydrogen) atoms. The van der Waals surface area contributed by atoms with E-state index in [1.807, 2.05) is 51.1 Å². The number of ether oxygens (including phenoxy) is 2. The molecule has 1 aromatic heterocycles. The summed E-state index contributed by atoms with van der Waals surface area (Å²) in [6.45, 7) is 6.98. The zero-order chi connectivity index (χ0) is 19.6. The third kappa shape index (κ3) is 5.84. The zero-order valence-corrected chi connectivity index (χ0v) is 16.0. The minimum absolute atomic E-state index is 0.398. The number of pyridine rings is 1. The lowest BCUT2D eigenvalue weighted by Gasteiger charge is -2.20. The van der Waals surface area contributed by atoms with Gasteiger partial charge in [-0.05, 0) is 44.5 Å². The van der Waals surface area contributed by atoms with Crippen LogP contribution in [0.4, 0.5) is 11.6 Å². The van der Waals surface area contributed by atoms with Gasteiger partial charge in [0.25, 0.3) is 0 Å². The fourth-order valence-corrected chi connectivity index (χ4v) is 2.54. The number of para-hydroxylation sites is 1. The molecule has 7 nitrogen and oxygen atoms in total. The van der Waals surface area contributed by atoms with Crippen LogP contribution in [0.3, 0.4) is 0 Å². The molecule has 2 N–H and O–H groups in total. The Hall–Kier alpha value is -2.82. The summed E-state index contributed by atoms with van der Waals surface area (Å²) < 4.78 is 11.5. The van der Waals surface area contributed by atoms with Gasteiger partial charge >= 0.3 is 0 Å². The lowest BCUT2D eigenvalue weighted by atomic mass is 10.1. The number of nitrogens with one attached hydrogen (secondary N) is 1. The second-order valence-corrected chi connectivity index (χ2v) is 5.88. The van der Waals surface area contributed by atoms with Crippen molar-refractivity contribution in [3.8, 4) is 11.8 Å². The highest BCUT2D eigenvalue weighted by Gasteiger charge is 2.14. The third-order valence-electron chi connectivity index (χ3n) is 3.91. The Morgan fingerprint density at radius 3 is 2.67 bits per heavy atom. The summed E-state index contributed by atoms with van der Waals surface area (Å²) in [4.78, 5) is 4.36. The van der Waals surface area contributed by atoms with E-state index in [9.17, 15) is 10.5 Å². The van der Waals surface area contributed by atoms with Gasteiger partial charge in [0.2, 0.25) is 6.29 Å². The largest absolute Gasteiger partial charge is 0.465 e. The van der Waals surface area contributed by atoms with Gasteiger partial charge in [0.1, 0.15) is 17.6 Å². The van der Waals surface area contributed by atoms with Gasteiger partial charge in [0.15, 0.2) is 5.82 Å². The number of aryl methyl sites for hydroxylation is 1. The van der Waals surface area contributed by atoms with Gasteiger partial charge in [-0.3, -0.25) is 5.21 Å². The molecule has 0 amide bonds. The van der Waals surface area contributed by atoms with Crippen LogP contribution < -0.4 is 15.1 Å². The van der Waals surface area contributed by atoms with E-state index in [-0.39, 0.29) is 0 Å². The minimum Gasteiger partial charge on any atom is -0.465 e. The van der Waals surface area contributed by atoms with Crippen molar-refractivity contribution in [2.24, 2.45) is 0 Å². The van der Waals surface area contributed by atoms with Crippen molar-refractivity contribution < 1.29 is 14.7 Å². The Kier molecular flexibility index (Phi) is 7.86. The Morgan fingerprint density at radius 1 is 1.30 bits per heavy atom. The van der Waals surface area contributed by atoms with Crippen LogP contribution >= 0.6 is 0 Å². The first kappa shape index (κ1) is 20.5. The second-order valence-electron chi connectivity index (χ2n) is 5.88. The Balaban J connectivity index is 2.05. The Bertz CT molecular complexity index is 762. The summed E-state index contributed by atoms with van der Waals surface area (Å²) in [6.07, 6.45) is 0.152. The number of hydrogen-bond donors (Lipinski definition) is 2. The fraction of sp³-hybridized carbons (Fsp3) is 0.400. The van der Waals surface area contributed by atoms with Gasteiger partial charge in [-0.15, -0.1) is 0 Å². The van der Waals surface area contributed by atoms with Crippen molar-refractivity contribution in [1.29, 1.82) is 5.26 Å². The monoisotopic (exact) mass is 370 g/mol. The maximum Gasteiger partial charge on any atom is 0.201 e. The molecule has 1 unspecified atom stereocenters. The summed E-state index contributed by atoms with van der Waals surface area (Å²) >= 11 is 0. The topological polar surface area (TPSA) is 90.6 Å². The van der Waals surface area contributed by atoms with Crippen molar-refractivity contribution in [3.63, 3.8) is 0 Å². The van der Waals surface area contributed by atoms with E-state index in [0.29, 0.717) is 43.3 Å². The minimum atomic E-state index is -0.412. The Labute approximate surface area is 160 Å². The number of anilines is 2. The SMILES string of the molecule is CCOC(CCNc1nc(N(O)CC)cc(C)c1C#N)Oc1ccccc1. The van der Waals surface area contributed by atoms with E-state index in [1.54, 1.807) is 6.07 Å². The van der Waals surface area contributed by atoms with E-state index in [2.05, 4.69) is 16.4 Å². The number of nitriles is 1. The second kappa shape index (κ2) is 10.4. The summed E-state index contributed by atoms with van der Waals surface area (Å²) in [7, 11) is 0. The van der Waals surface area contributed by atoms with Crippen LogP contribution in [0.25, 0.3) is 0 Å². The molecule has 1 aromatic carbocycles. The van der Waals surface area contributed by atoms with Gasteiger partial charge in [0.05, 0.1) is 5.56 Å². The van der Waals surface area contributed by atoms with Gasteiger partial charge in [-0.2, -0.15) is 5.26 Å². The van der Waals surface area contributed by atoms with Crippen LogP contribution in [0.15, 0.2) is 36.4 Å². The predicted octanol–water partition coefficient (Wildman–Crippen LogP) is 3.72. The third-order valence-corrected chi connectivity index (χ3v) is 3.91. The highest BCUT2D eigenvalue weighted by Crippen LogP contribution is 2.22. The van der Waals surface area contributed by atoms with Gasteiger partial charge in [0, 0.05) is 26.1 Å².